The van der Waals surface area contributed by atoms with Crippen molar-refractivity contribution < 1.29 is 18.3 Å². The highest BCUT2D eigenvalue weighted by Crippen LogP contribution is 2.89. The van der Waals surface area contributed by atoms with Crippen molar-refractivity contribution in [2.75, 3.05) is 7.11 Å². The number of fused-ring (bicyclic) bond motifs is 1. The van der Waals surface area contributed by atoms with Gasteiger partial charge in [0.05, 0.1) is 12.7 Å². The van der Waals surface area contributed by atoms with Crippen LogP contribution in [0, 0.1) is 0 Å². The minimum absolute atomic E-state index is 0.624. The number of rotatable bonds is 6. The normalized spacial score (nSPS) is 18.6. The van der Waals surface area contributed by atoms with Crippen molar-refractivity contribution in [2.24, 2.45) is 0 Å². The molecule has 1 saturated heterocycles. The van der Waals surface area contributed by atoms with Crippen LogP contribution in [0.3, 0.4) is 0 Å². The smallest absolute Gasteiger partial charge is 0.469 e. The average molecular weight is 588 g/mol. The van der Waals surface area contributed by atoms with E-state index in [2.05, 4.69) is 130 Å². The van der Waals surface area contributed by atoms with Crippen LogP contribution < -0.4 is 9.26 Å². The molecule has 0 aromatic heterocycles. The van der Waals surface area contributed by atoms with Crippen molar-refractivity contribution in [3.05, 3.63) is 167 Å². The van der Waals surface area contributed by atoms with Gasteiger partial charge in [-0.2, -0.15) is 9.05 Å². The molecule has 7 rings (SSSR count). The van der Waals surface area contributed by atoms with Crippen LogP contribution in [0.1, 0.15) is 54.2 Å². The molecule has 0 radical (unpaired) electrons. The van der Waals surface area contributed by atoms with E-state index in [4.69, 9.17) is 18.3 Å². The zero-order valence-corrected chi connectivity index (χ0v) is 25.9. The van der Waals surface area contributed by atoms with E-state index in [-0.39, 0.29) is 0 Å². The topological polar surface area (TPSA) is 36.9 Å². The van der Waals surface area contributed by atoms with Gasteiger partial charge in [0, 0.05) is 5.56 Å². The Hall–Kier alpha value is -3.95. The minimum atomic E-state index is -3.21. The molecule has 4 nitrogen and oxygen atoms in total. The summed E-state index contributed by atoms with van der Waals surface area (Å²) < 4.78 is 28.5. The van der Waals surface area contributed by atoms with Gasteiger partial charge in [0.1, 0.15) is 5.75 Å². The van der Waals surface area contributed by atoms with Crippen LogP contribution in [0.4, 0.5) is 0 Å². The second-order valence-corrected chi connectivity index (χ2v) is 14.3. The number of ether oxygens (including phenoxy) is 1. The Labute approximate surface area is 254 Å². The monoisotopic (exact) mass is 587 g/mol. The zero-order valence-electron chi connectivity index (χ0n) is 25.0. The molecular formula is C38H36O4P+. The van der Waals surface area contributed by atoms with Gasteiger partial charge in [-0.3, -0.25) is 4.52 Å². The van der Waals surface area contributed by atoms with Crippen molar-refractivity contribution in [3.63, 3.8) is 0 Å². The second kappa shape index (κ2) is 10.3. The first-order chi connectivity index (χ1) is 20.9. The third-order valence-electron chi connectivity index (χ3n) is 9.04. The first kappa shape index (κ1) is 27.9. The van der Waals surface area contributed by atoms with Crippen LogP contribution in [0.25, 0.3) is 0 Å². The summed E-state index contributed by atoms with van der Waals surface area (Å²) in [6.07, 6.45) is 0.792. The van der Waals surface area contributed by atoms with E-state index in [0.29, 0.717) is 0 Å². The first-order valence-electron chi connectivity index (χ1n) is 14.9. The molecule has 0 bridgehead atoms. The minimum Gasteiger partial charge on any atom is -0.497 e. The van der Waals surface area contributed by atoms with Gasteiger partial charge in [0.15, 0.2) is 10.9 Å². The third-order valence-corrected chi connectivity index (χ3v) is 12.1. The number of hydrogen-bond acceptors (Lipinski definition) is 4. The van der Waals surface area contributed by atoms with E-state index >= 15 is 0 Å². The molecule has 216 valence electrons. The van der Waals surface area contributed by atoms with Crippen LogP contribution in [-0.4, -0.2) is 7.11 Å². The highest BCUT2D eigenvalue weighted by molar-refractivity contribution is 7.63. The molecule has 0 unspecified atom stereocenters. The number of hydrogen-bond donors (Lipinski definition) is 0. The molecule has 2 heterocycles. The Morgan fingerprint density at radius 3 is 1.35 bits per heavy atom. The van der Waals surface area contributed by atoms with Crippen molar-refractivity contribution >= 4 is 7.94 Å². The van der Waals surface area contributed by atoms with Crippen molar-refractivity contribution in [2.45, 2.75) is 43.6 Å². The zero-order chi connectivity index (χ0) is 29.7. The highest BCUT2D eigenvalue weighted by Gasteiger charge is 2.84. The van der Waals surface area contributed by atoms with Crippen LogP contribution in [-0.2, 0) is 31.8 Å². The maximum atomic E-state index is 7.79. The molecular weight excluding hydrogens is 551 g/mol. The quantitative estimate of drug-likeness (QED) is 0.185. The van der Waals surface area contributed by atoms with Gasteiger partial charge in [-0.25, -0.2) is 0 Å². The summed E-state index contributed by atoms with van der Waals surface area (Å²) >= 11 is 0. The molecule has 0 saturated carbocycles. The summed E-state index contributed by atoms with van der Waals surface area (Å²) in [7, 11) is -1.50. The summed E-state index contributed by atoms with van der Waals surface area (Å²) in [4.78, 5) is 0. The Morgan fingerprint density at radius 2 is 1.00 bits per heavy atom. The van der Waals surface area contributed by atoms with Crippen molar-refractivity contribution in [3.8, 4) is 11.5 Å². The lowest BCUT2D eigenvalue weighted by Gasteiger charge is -2.40. The van der Waals surface area contributed by atoms with Gasteiger partial charge in [0.2, 0.25) is 11.2 Å². The summed E-state index contributed by atoms with van der Waals surface area (Å²) in [6, 6.07) is 46.1. The SMILES string of the molecule is CCc1cc(OC)cc2c1O[P+]1(OC(c3ccccc3)(c3ccccc3)C(c3ccccc3)(c3ccccc3)O1)C2(C)C. The van der Waals surface area contributed by atoms with E-state index in [0.717, 1.165) is 51.3 Å². The fraction of sp³-hybridized carbons (Fsp3) is 0.211. The molecule has 0 atom stereocenters. The molecule has 5 aromatic rings. The van der Waals surface area contributed by atoms with Gasteiger partial charge < -0.3 is 4.74 Å². The maximum absolute atomic E-state index is 7.79. The summed E-state index contributed by atoms with van der Waals surface area (Å²) in [6.45, 7) is 6.53. The highest BCUT2D eigenvalue weighted by atomic mass is 31.2. The summed E-state index contributed by atoms with van der Waals surface area (Å²) in [5, 5.41) is -0.624. The lowest BCUT2D eigenvalue weighted by atomic mass is 9.66. The number of methoxy groups -OCH3 is 1. The second-order valence-electron chi connectivity index (χ2n) is 11.7. The van der Waals surface area contributed by atoms with Crippen molar-refractivity contribution in [1.82, 2.24) is 0 Å². The average Bonchev–Trinajstić information content (AvgIpc) is 3.51. The van der Waals surface area contributed by atoms with Gasteiger partial charge >= 0.3 is 7.94 Å². The van der Waals surface area contributed by atoms with Crippen LogP contribution >= 0.6 is 7.94 Å². The predicted octanol–water partition coefficient (Wildman–Crippen LogP) is 9.58. The van der Waals surface area contributed by atoms with E-state index in [1.165, 1.54) is 0 Å². The van der Waals surface area contributed by atoms with Crippen LogP contribution in [0.15, 0.2) is 133 Å². The Balaban J connectivity index is 1.62. The Bertz CT molecular complexity index is 1570. The van der Waals surface area contributed by atoms with Crippen LogP contribution in [0.2, 0.25) is 0 Å². The lowest BCUT2D eigenvalue weighted by Crippen LogP contribution is -2.48. The van der Waals surface area contributed by atoms with Gasteiger partial charge in [-0.05, 0) is 54.7 Å². The maximum Gasteiger partial charge on any atom is 0.469 e. The van der Waals surface area contributed by atoms with E-state index in [1.807, 2.05) is 24.3 Å². The predicted molar refractivity (Wildman–Crippen MR) is 172 cm³/mol. The van der Waals surface area contributed by atoms with Gasteiger partial charge in [-0.15, -0.1) is 0 Å². The molecule has 5 aromatic carbocycles. The van der Waals surface area contributed by atoms with Gasteiger partial charge in [0.25, 0.3) is 0 Å². The summed E-state index contributed by atoms with van der Waals surface area (Å²) in [5.74, 6) is 1.65. The molecule has 0 N–H and O–H groups in total. The molecule has 2 aliphatic heterocycles. The van der Waals surface area contributed by atoms with E-state index in [1.54, 1.807) is 7.11 Å². The number of aryl methyl sites for hydroxylation is 1. The molecule has 1 spiro atoms. The first-order valence-corrected chi connectivity index (χ1v) is 16.4. The number of benzene rings is 5. The Kier molecular flexibility index (Phi) is 6.70. The molecule has 0 aliphatic carbocycles. The van der Waals surface area contributed by atoms with Crippen molar-refractivity contribution in [1.29, 1.82) is 0 Å². The molecule has 43 heavy (non-hydrogen) atoms. The molecule has 5 heteroatoms. The lowest BCUT2D eigenvalue weighted by molar-refractivity contribution is 0.00370. The fourth-order valence-corrected chi connectivity index (χ4v) is 9.92. The van der Waals surface area contributed by atoms with Crippen LogP contribution in [0.5, 0.6) is 11.5 Å². The summed E-state index contributed by atoms with van der Waals surface area (Å²) in [5.41, 5.74) is 3.91. The molecule has 0 amide bonds. The molecule has 2 aliphatic rings. The van der Waals surface area contributed by atoms with E-state index < -0.39 is 24.3 Å². The van der Waals surface area contributed by atoms with E-state index in [9.17, 15) is 0 Å². The third kappa shape index (κ3) is 3.87. The standard InChI is InChI=1S/C38H36O4P/c1-5-28-26-33(39-4)27-34-35(28)40-43(36(34,2)3)41-37(29-18-10-6-11-19-29,30-20-12-7-13-21-30)38(42-43,31-22-14-8-15-23-31)32-24-16-9-17-25-32/h6-27H,5H2,1-4H3/q+1. The Morgan fingerprint density at radius 1 is 0.605 bits per heavy atom. The largest absolute Gasteiger partial charge is 0.497 e. The fourth-order valence-electron chi connectivity index (χ4n) is 6.81. The van der Waals surface area contributed by atoms with Gasteiger partial charge in [-0.1, -0.05) is 128 Å². The molecule has 1 fully saturated rings.